The summed E-state index contributed by atoms with van der Waals surface area (Å²) in [7, 11) is 0. The molecule has 0 bridgehead atoms. The number of amides is 1. The zero-order valence-electron chi connectivity index (χ0n) is 9.34. The quantitative estimate of drug-likeness (QED) is 0.763. The molecule has 0 radical (unpaired) electrons. The fraction of sp³-hybridized carbons (Fsp3) is 0.400. The van der Waals surface area contributed by atoms with Crippen molar-refractivity contribution in [3.8, 4) is 0 Å². The van der Waals surface area contributed by atoms with Gasteiger partial charge in [0.1, 0.15) is 0 Å². The third-order valence-corrected chi connectivity index (χ3v) is 5.15. The minimum Gasteiger partial charge on any atom is -0.393 e. The van der Waals surface area contributed by atoms with Gasteiger partial charge < -0.3 is 11.1 Å². The van der Waals surface area contributed by atoms with E-state index in [0.717, 1.165) is 7.57 Å². The van der Waals surface area contributed by atoms with Crippen molar-refractivity contribution in [3.63, 3.8) is 0 Å². The van der Waals surface area contributed by atoms with Crippen LogP contribution in [0.2, 0.25) is 0 Å². The molecule has 7 heteroatoms. The van der Waals surface area contributed by atoms with Gasteiger partial charge >= 0.3 is 0 Å². The van der Waals surface area contributed by atoms with E-state index in [1.54, 1.807) is 6.07 Å². The van der Waals surface area contributed by atoms with Crippen LogP contribution in [0.15, 0.2) is 13.6 Å². The molecule has 0 spiro atoms. The number of thiophene rings is 1. The third kappa shape index (κ3) is 4.01. The van der Waals surface area contributed by atoms with Gasteiger partial charge in [-0.2, -0.15) is 0 Å². The number of nitrogens with two attached hydrogens (primary N) is 1. The molecule has 0 aliphatic rings. The monoisotopic (exact) mass is 398 g/mol. The van der Waals surface area contributed by atoms with Gasteiger partial charge in [-0.15, -0.1) is 11.3 Å². The molecule has 1 aromatic heterocycles. The average Bonchev–Trinajstić information content (AvgIpc) is 2.54. The molecule has 0 aliphatic carbocycles. The number of nitrogens with one attached hydrogen (secondary N) is 1. The van der Waals surface area contributed by atoms with E-state index in [9.17, 15) is 4.79 Å². The normalized spacial score (nSPS) is 11.3. The first-order valence-electron chi connectivity index (χ1n) is 4.77. The number of thiocarbonyl (C=S) groups is 1. The van der Waals surface area contributed by atoms with Gasteiger partial charge in [-0.1, -0.05) is 26.1 Å². The van der Waals surface area contributed by atoms with Crippen molar-refractivity contribution in [1.29, 1.82) is 0 Å². The van der Waals surface area contributed by atoms with Crippen LogP contribution in [0.25, 0.3) is 0 Å². The molecule has 0 saturated heterocycles. The van der Waals surface area contributed by atoms with Crippen LogP contribution in [0.4, 0.5) is 0 Å². The van der Waals surface area contributed by atoms with Crippen LogP contribution >= 0.6 is 55.4 Å². The Hall–Kier alpha value is 0.0200. The molecule has 1 aromatic rings. The smallest absolute Gasteiger partial charge is 0.253 e. The Kier molecular flexibility index (Phi) is 5.12. The van der Waals surface area contributed by atoms with Crippen LogP contribution in [0.5, 0.6) is 0 Å². The Morgan fingerprint density at radius 2 is 2.18 bits per heavy atom. The van der Waals surface area contributed by atoms with Gasteiger partial charge in [0.05, 0.1) is 18.1 Å². The molecular weight excluding hydrogens is 388 g/mol. The highest BCUT2D eigenvalue weighted by atomic mass is 79.9. The summed E-state index contributed by atoms with van der Waals surface area (Å²) in [6.07, 6.45) is 0. The van der Waals surface area contributed by atoms with E-state index < -0.39 is 0 Å². The van der Waals surface area contributed by atoms with Crippen LogP contribution in [-0.4, -0.2) is 17.4 Å². The van der Waals surface area contributed by atoms with Crippen molar-refractivity contribution in [3.05, 3.63) is 19.2 Å². The molecule has 3 nitrogen and oxygen atoms in total. The summed E-state index contributed by atoms with van der Waals surface area (Å²) in [5.74, 6) is -0.136. The lowest BCUT2D eigenvalue weighted by atomic mass is 9.93. The maximum absolute atomic E-state index is 11.9. The van der Waals surface area contributed by atoms with E-state index >= 15 is 0 Å². The minimum absolute atomic E-state index is 0.136. The maximum Gasteiger partial charge on any atom is 0.253 e. The van der Waals surface area contributed by atoms with E-state index in [-0.39, 0.29) is 11.3 Å². The van der Waals surface area contributed by atoms with Gasteiger partial charge in [0, 0.05) is 12.0 Å². The molecule has 94 valence electrons. The highest BCUT2D eigenvalue weighted by Gasteiger charge is 2.23. The highest BCUT2D eigenvalue weighted by molar-refractivity contribution is 9.12. The lowest BCUT2D eigenvalue weighted by Crippen LogP contribution is -2.41. The van der Waals surface area contributed by atoms with Gasteiger partial charge in [-0.05, 0) is 37.9 Å². The Morgan fingerprint density at radius 1 is 1.59 bits per heavy atom. The van der Waals surface area contributed by atoms with Crippen molar-refractivity contribution < 1.29 is 4.79 Å². The molecule has 0 saturated carbocycles. The molecule has 0 atom stereocenters. The summed E-state index contributed by atoms with van der Waals surface area (Å²) < 4.78 is 1.71. The van der Waals surface area contributed by atoms with Gasteiger partial charge in [0.15, 0.2) is 0 Å². The molecule has 0 fully saturated rings. The van der Waals surface area contributed by atoms with Gasteiger partial charge in [-0.25, -0.2) is 0 Å². The zero-order valence-corrected chi connectivity index (χ0v) is 14.1. The molecule has 1 rings (SSSR count). The van der Waals surface area contributed by atoms with Gasteiger partial charge in [-0.3, -0.25) is 4.79 Å². The predicted octanol–water partition coefficient (Wildman–Crippen LogP) is 3.32. The van der Waals surface area contributed by atoms with E-state index in [0.29, 0.717) is 17.1 Å². The lowest BCUT2D eigenvalue weighted by Gasteiger charge is -2.23. The second-order valence-corrected chi connectivity index (χ2v) is 8.36. The number of carbonyl (C=O) groups is 1. The Balaban J connectivity index is 2.68. The van der Waals surface area contributed by atoms with Crippen molar-refractivity contribution in [2.75, 3.05) is 6.54 Å². The van der Waals surface area contributed by atoms with Gasteiger partial charge in [0.2, 0.25) is 0 Å². The molecular formula is C10H12Br2N2OS2. The third-order valence-electron chi connectivity index (χ3n) is 2.26. The Morgan fingerprint density at radius 3 is 2.59 bits per heavy atom. The molecule has 0 aromatic carbocycles. The molecule has 0 unspecified atom stereocenters. The van der Waals surface area contributed by atoms with E-state index in [1.165, 1.54) is 11.3 Å². The SMILES string of the molecule is CC(C)(CNC(=O)c1cc(Br)sc1Br)C(N)=S. The standard InChI is InChI=1S/C10H12Br2N2OS2/c1-10(2,9(13)16)4-14-8(15)5-3-6(11)17-7(5)12/h3H,4H2,1-2H3,(H2,13,16)(H,14,15). The van der Waals surface area contributed by atoms with Crippen LogP contribution in [-0.2, 0) is 0 Å². The first-order valence-corrected chi connectivity index (χ1v) is 7.58. The van der Waals surface area contributed by atoms with Gasteiger partial charge in [0.25, 0.3) is 5.91 Å². The average molecular weight is 400 g/mol. The van der Waals surface area contributed by atoms with Crippen molar-refractivity contribution in [2.45, 2.75) is 13.8 Å². The topological polar surface area (TPSA) is 55.1 Å². The predicted molar refractivity (Wildman–Crippen MR) is 82.6 cm³/mol. The summed E-state index contributed by atoms with van der Waals surface area (Å²) in [6.45, 7) is 4.21. The summed E-state index contributed by atoms with van der Waals surface area (Å²) in [6, 6.07) is 1.78. The van der Waals surface area contributed by atoms with Crippen molar-refractivity contribution in [2.24, 2.45) is 11.1 Å². The fourth-order valence-corrected chi connectivity index (χ4v) is 3.84. The number of hydrogen-bond acceptors (Lipinski definition) is 3. The number of rotatable bonds is 4. The summed E-state index contributed by atoms with van der Waals surface area (Å²) in [5.41, 5.74) is 5.82. The van der Waals surface area contributed by atoms with E-state index in [1.807, 2.05) is 13.8 Å². The molecule has 1 amide bonds. The van der Waals surface area contributed by atoms with Crippen molar-refractivity contribution in [1.82, 2.24) is 5.32 Å². The highest BCUT2D eigenvalue weighted by Crippen LogP contribution is 2.31. The Labute approximate surface area is 126 Å². The lowest BCUT2D eigenvalue weighted by molar-refractivity contribution is 0.0945. The number of carbonyl (C=O) groups excluding carboxylic acids is 1. The summed E-state index contributed by atoms with van der Waals surface area (Å²) >= 11 is 13.1. The first kappa shape index (κ1) is 15.1. The number of halogens is 2. The van der Waals surface area contributed by atoms with Crippen molar-refractivity contribution >= 4 is 66.3 Å². The second kappa shape index (κ2) is 5.77. The first-order chi connectivity index (χ1) is 7.74. The molecule has 3 N–H and O–H groups in total. The minimum atomic E-state index is -0.384. The van der Waals surface area contributed by atoms with Crippen LogP contribution < -0.4 is 11.1 Å². The second-order valence-electron chi connectivity index (χ2n) is 4.17. The maximum atomic E-state index is 11.9. The van der Waals surface area contributed by atoms with Crippen LogP contribution in [0.1, 0.15) is 24.2 Å². The molecule has 1 heterocycles. The Bertz CT molecular complexity index is 457. The largest absolute Gasteiger partial charge is 0.393 e. The zero-order chi connectivity index (χ0) is 13.2. The summed E-state index contributed by atoms with van der Waals surface area (Å²) in [4.78, 5) is 12.3. The fourth-order valence-electron chi connectivity index (χ4n) is 0.979. The molecule has 17 heavy (non-hydrogen) atoms. The van der Waals surface area contributed by atoms with E-state index in [2.05, 4.69) is 37.2 Å². The summed E-state index contributed by atoms with van der Waals surface area (Å²) in [5, 5.41) is 2.82. The number of hydrogen-bond donors (Lipinski definition) is 2. The van der Waals surface area contributed by atoms with Crippen LogP contribution in [0, 0.1) is 5.41 Å². The molecule has 0 aliphatic heterocycles. The van der Waals surface area contributed by atoms with Crippen LogP contribution in [0.3, 0.4) is 0 Å². The van der Waals surface area contributed by atoms with E-state index in [4.69, 9.17) is 18.0 Å².